The molecular formula is C16H21N3O5S2. The summed E-state index contributed by atoms with van der Waals surface area (Å²) in [4.78, 5) is 0.0980. The molecule has 0 amide bonds. The topological polar surface area (TPSA) is 110 Å². The van der Waals surface area contributed by atoms with Gasteiger partial charge in [0.1, 0.15) is 5.76 Å². The van der Waals surface area contributed by atoms with E-state index >= 15 is 0 Å². The second-order valence-corrected chi connectivity index (χ2v) is 9.89. The van der Waals surface area contributed by atoms with Gasteiger partial charge in [0, 0.05) is 19.2 Å². The molecule has 1 aromatic carbocycles. The van der Waals surface area contributed by atoms with Gasteiger partial charge in [0.15, 0.2) is 0 Å². The first-order valence-corrected chi connectivity index (χ1v) is 11.2. The average molecular weight is 399 g/mol. The molecule has 1 saturated heterocycles. The van der Waals surface area contributed by atoms with Crippen molar-refractivity contribution >= 4 is 20.0 Å². The lowest BCUT2D eigenvalue weighted by Crippen LogP contribution is -2.35. The molecule has 0 spiro atoms. The second kappa shape index (κ2) is 7.47. The first kappa shape index (κ1) is 19.0. The molecule has 0 saturated carbocycles. The molecule has 10 heteroatoms. The summed E-state index contributed by atoms with van der Waals surface area (Å²) in [6.07, 6.45) is 2.72. The molecule has 1 aliphatic rings. The molecule has 8 nitrogen and oxygen atoms in total. The second-order valence-electron chi connectivity index (χ2n) is 6.19. The molecule has 26 heavy (non-hydrogen) atoms. The summed E-state index contributed by atoms with van der Waals surface area (Å²) >= 11 is 0. The minimum atomic E-state index is -3.78. The Labute approximate surface area is 153 Å². The molecule has 1 aromatic heterocycles. The highest BCUT2D eigenvalue weighted by Crippen LogP contribution is 2.22. The summed E-state index contributed by atoms with van der Waals surface area (Å²) in [5.41, 5.74) is 0.468. The molecule has 2 heterocycles. The predicted molar refractivity (Wildman–Crippen MR) is 94.3 cm³/mol. The lowest BCUT2D eigenvalue weighted by Gasteiger charge is -2.25. The van der Waals surface area contributed by atoms with Crippen molar-refractivity contribution in [3.05, 3.63) is 41.8 Å². The van der Waals surface area contributed by atoms with Crippen LogP contribution in [0.5, 0.6) is 0 Å². The number of rotatable bonds is 6. The molecule has 0 radical (unpaired) electrons. The number of nitrogens with one attached hydrogen (secondary N) is 1. The van der Waals surface area contributed by atoms with Gasteiger partial charge in [0.2, 0.25) is 20.0 Å². The molecule has 2 aromatic rings. The van der Waals surface area contributed by atoms with Crippen LogP contribution in [0.15, 0.2) is 44.6 Å². The maximum absolute atomic E-state index is 12.6. The molecule has 0 unspecified atom stereocenters. The van der Waals surface area contributed by atoms with Crippen molar-refractivity contribution in [2.24, 2.45) is 0 Å². The summed E-state index contributed by atoms with van der Waals surface area (Å²) in [5.74, 6) is 0.589. The molecule has 0 atom stereocenters. The Morgan fingerprint density at radius 1 is 1.04 bits per heavy atom. The van der Waals surface area contributed by atoms with Gasteiger partial charge < -0.3 is 4.52 Å². The Bertz CT molecular complexity index is 960. The minimum absolute atomic E-state index is 0.00434. The van der Waals surface area contributed by atoms with E-state index in [1.807, 2.05) is 0 Å². The quantitative estimate of drug-likeness (QED) is 0.791. The number of nitrogens with zero attached hydrogens (tertiary/aromatic N) is 2. The van der Waals surface area contributed by atoms with Crippen LogP contribution < -0.4 is 4.72 Å². The lowest BCUT2D eigenvalue weighted by atomic mass is 10.2. The molecule has 0 bridgehead atoms. The van der Waals surface area contributed by atoms with E-state index < -0.39 is 20.0 Å². The van der Waals surface area contributed by atoms with Gasteiger partial charge in [-0.05, 0) is 44.0 Å². The summed E-state index contributed by atoms with van der Waals surface area (Å²) in [7, 11) is -7.36. The zero-order valence-corrected chi connectivity index (χ0v) is 16.0. The van der Waals surface area contributed by atoms with Crippen LogP contribution in [0, 0.1) is 6.92 Å². The zero-order chi connectivity index (χ0) is 18.8. The van der Waals surface area contributed by atoms with Gasteiger partial charge in [-0.2, -0.15) is 4.31 Å². The zero-order valence-electron chi connectivity index (χ0n) is 14.4. The largest absolute Gasteiger partial charge is 0.361 e. The van der Waals surface area contributed by atoms with Crippen LogP contribution in [0.4, 0.5) is 0 Å². The average Bonchev–Trinajstić information content (AvgIpc) is 3.06. The van der Waals surface area contributed by atoms with Crippen molar-refractivity contribution in [1.29, 1.82) is 0 Å². The Morgan fingerprint density at radius 3 is 2.23 bits per heavy atom. The van der Waals surface area contributed by atoms with Crippen LogP contribution in [-0.2, 0) is 26.6 Å². The lowest BCUT2D eigenvalue weighted by molar-refractivity contribution is 0.346. The first-order chi connectivity index (χ1) is 12.3. The van der Waals surface area contributed by atoms with E-state index in [-0.39, 0.29) is 16.3 Å². The van der Waals surface area contributed by atoms with Crippen molar-refractivity contribution in [1.82, 2.24) is 14.2 Å². The standard InChI is InChI=1S/C16H21N3O5S2/c1-13-11-14(18-24-13)12-17-25(20,21)15-5-7-16(8-6-15)26(22,23)19-9-3-2-4-10-19/h5-8,11,17H,2-4,9-10,12H2,1H3. The van der Waals surface area contributed by atoms with Crippen molar-refractivity contribution in [3.63, 3.8) is 0 Å². The Kier molecular flexibility index (Phi) is 5.47. The highest BCUT2D eigenvalue weighted by Gasteiger charge is 2.26. The molecule has 142 valence electrons. The van der Waals surface area contributed by atoms with E-state index in [9.17, 15) is 16.8 Å². The van der Waals surface area contributed by atoms with E-state index in [2.05, 4.69) is 9.88 Å². The molecule has 3 rings (SSSR count). The number of aryl methyl sites for hydroxylation is 1. The summed E-state index contributed by atoms with van der Waals surface area (Å²) in [5, 5.41) is 3.72. The molecule has 1 N–H and O–H groups in total. The number of piperidine rings is 1. The van der Waals surface area contributed by atoms with Crippen molar-refractivity contribution in [3.8, 4) is 0 Å². The van der Waals surface area contributed by atoms with Gasteiger partial charge in [-0.1, -0.05) is 11.6 Å². The van der Waals surface area contributed by atoms with Crippen molar-refractivity contribution in [2.75, 3.05) is 13.1 Å². The summed E-state index contributed by atoms with van der Waals surface area (Å²) in [6, 6.07) is 6.90. The fourth-order valence-electron chi connectivity index (χ4n) is 2.80. The molecule has 0 aliphatic carbocycles. The van der Waals surface area contributed by atoms with Crippen LogP contribution in [-0.4, -0.2) is 39.4 Å². The van der Waals surface area contributed by atoms with Crippen LogP contribution >= 0.6 is 0 Å². The van der Waals surface area contributed by atoms with E-state index in [0.717, 1.165) is 19.3 Å². The minimum Gasteiger partial charge on any atom is -0.361 e. The van der Waals surface area contributed by atoms with Gasteiger partial charge in [0.25, 0.3) is 0 Å². The highest BCUT2D eigenvalue weighted by molar-refractivity contribution is 7.89. The fraction of sp³-hybridized carbons (Fsp3) is 0.438. The van der Waals surface area contributed by atoms with E-state index in [1.165, 1.54) is 28.6 Å². The molecule has 1 aliphatic heterocycles. The van der Waals surface area contributed by atoms with Crippen LogP contribution in [0.2, 0.25) is 0 Å². The van der Waals surface area contributed by atoms with Gasteiger partial charge in [0.05, 0.1) is 22.0 Å². The number of hydrogen-bond acceptors (Lipinski definition) is 6. The number of benzene rings is 1. The first-order valence-electron chi connectivity index (χ1n) is 8.31. The smallest absolute Gasteiger partial charge is 0.243 e. The number of sulfonamides is 2. The third kappa shape index (κ3) is 4.14. The third-order valence-electron chi connectivity index (χ3n) is 4.21. The van der Waals surface area contributed by atoms with Gasteiger partial charge in [-0.3, -0.25) is 0 Å². The number of aromatic nitrogens is 1. The summed E-state index contributed by atoms with van der Waals surface area (Å²) < 4.78 is 58.7. The SMILES string of the molecule is Cc1cc(CNS(=O)(=O)c2ccc(S(=O)(=O)N3CCCCC3)cc2)no1. The highest BCUT2D eigenvalue weighted by atomic mass is 32.2. The van der Waals surface area contributed by atoms with Crippen molar-refractivity contribution in [2.45, 2.75) is 42.5 Å². The van der Waals surface area contributed by atoms with Gasteiger partial charge >= 0.3 is 0 Å². The van der Waals surface area contributed by atoms with Crippen LogP contribution in [0.25, 0.3) is 0 Å². The molecule has 1 fully saturated rings. The Morgan fingerprint density at radius 2 is 1.65 bits per heavy atom. The van der Waals surface area contributed by atoms with E-state index in [1.54, 1.807) is 13.0 Å². The molecular weight excluding hydrogens is 378 g/mol. The van der Waals surface area contributed by atoms with Gasteiger partial charge in [-0.15, -0.1) is 0 Å². The Balaban J connectivity index is 1.73. The third-order valence-corrected chi connectivity index (χ3v) is 7.54. The normalized spacial score (nSPS) is 16.7. The van der Waals surface area contributed by atoms with Crippen molar-refractivity contribution < 1.29 is 21.4 Å². The number of hydrogen-bond donors (Lipinski definition) is 1. The predicted octanol–water partition coefficient (Wildman–Crippen LogP) is 1.64. The van der Waals surface area contributed by atoms with E-state index in [0.29, 0.717) is 24.5 Å². The Hall–Kier alpha value is -1.75. The summed E-state index contributed by atoms with van der Waals surface area (Å²) in [6.45, 7) is 2.71. The monoisotopic (exact) mass is 399 g/mol. The van der Waals surface area contributed by atoms with Crippen LogP contribution in [0.1, 0.15) is 30.7 Å². The van der Waals surface area contributed by atoms with E-state index in [4.69, 9.17) is 4.52 Å². The fourth-order valence-corrected chi connectivity index (χ4v) is 5.31. The maximum Gasteiger partial charge on any atom is 0.243 e. The van der Waals surface area contributed by atoms with Crippen LogP contribution in [0.3, 0.4) is 0 Å². The maximum atomic E-state index is 12.6. The van der Waals surface area contributed by atoms with Gasteiger partial charge in [-0.25, -0.2) is 21.6 Å².